The van der Waals surface area contributed by atoms with E-state index in [4.69, 9.17) is 5.11 Å². The summed E-state index contributed by atoms with van der Waals surface area (Å²) in [4.78, 5) is 10.8. The number of sulfonamides is 1. The predicted octanol–water partition coefficient (Wildman–Crippen LogP) is 2.30. The highest BCUT2D eigenvalue weighted by atomic mass is 32.2. The van der Waals surface area contributed by atoms with Crippen LogP contribution in [0.25, 0.3) is 0 Å². The average molecular weight is 303 g/mol. The minimum atomic E-state index is -3.60. The van der Waals surface area contributed by atoms with Crippen LogP contribution in [0.2, 0.25) is 0 Å². The number of hydrogen-bond acceptors (Lipinski definition) is 4. The van der Waals surface area contributed by atoms with Gasteiger partial charge in [-0.3, -0.25) is 0 Å². The summed E-state index contributed by atoms with van der Waals surface area (Å²) in [6, 6.07) is 2.60. The highest BCUT2D eigenvalue weighted by Crippen LogP contribution is 2.37. The van der Waals surface area contributed by atoms with Gasteiger partial charge >= 0.3 is 5.97 Å². The first-order chi connectivity index (χ1) is 8.70. The van der Waals surface area contributed by atoms with Crippen LogP contribution in [0.1, 0.15) is 42.8 Å². The van der Waals surface area contributed by atoms with Crippen LogP contribution < -0.4 is 4.72 Å². The van der Waals surface area contributed by atoms with E-state index in [1.54, 1.807) is 0 Å². The molecule has 7 heteroatoms. The molecule has 106 valence electrons. The first kappa shape index (κ1) is 14.5. The standard InChI is InChI=1S/C12H17NO4S2/c1-12(2)6-5-8(7-12)13-19(16,17)10-4-3-9(18-10)11(14)15/h3-4,8,13H,5-7H2,1-2H3,(H,14,15). The lowest BCUT2D eigenvalue weighted by atomic mass is 9.92. The molecule has 1 atom stereocenters. The molecule has 19 heavy (non-hydrogen) atoms. The Hall–Kier alpha value is -0.920. The van der Waals surface area contributed by atoms with Crippen molar-refractivity contribution < 1.29 is 18.3 Å². The number of thiophene rings is 1. The van der Waals surface area contributed by atoms with E-state index < -0.39 is 16.0 Å². The molecule has 1 aromatic heterocycles. The molecule has 2 N–H and O–H groups in total. The van der Waals surface area contributed by atoms with Crippen LogP contribution in [0.4, 0.5) is 0 Å². The molecular formula is C12H17NO4S2. The zero-order valence-electron chi connectivity index (χ0n) is 10.8. The molecule has 1 heterocycles. The molecular weight excluding hydrogens is 286 g/mol. The summed E-state index contributed by atoms with van der Waals surface area (Å²) in [5, 5.41) is 8.81. The van der Waals surface area contributed by atoms with E-state index in [0.717, 1.165) is 30.6 Å². The number of aromatic carboxylic acids is 1. The first-order valence-electron chi connectivity index (χ1n) is 6.05. The quantitative estimate of drug-likeness (QED) is 0.894. The molecule has 5 nitrogen and oxygen atoms in total. The molecule has 2 rings (SSSR count). The molecule has 0 spiro atoms. The van der Waals surface area contributed by atoms with Gasteiger partial charge in [-0.1, -0.05) is 13.8 Å². The van der Waals surface area contributed by atoms with Crippen molar-refractivity contribution in [3.05, 3.63) is 17.0 Å². The Kier molecular flexibility index (Phi) is 3.72. The second-order valence-corrected chi connectivity index (χ2v) is 8.67. The zero-order chi connectivity index (χ0) is 14.3. The highest BCUT2D eigenvalue weighted by molar-refractivity contribution is 7.91. The minimum absolute atomic E-state index is 0.0344. The van der Waals surface area contributed by atoms with Gasteiger partial charge in [-0.05, 0) is 36.8 Å². The van der Waals surface area contributed by atoms with Crippen LogP contribution in [0.3, 0.4) is 0 Å². The van der Waals surface area contributed by atoms with Crippen LogP contribution >= 0.6 is 11.3 Å². The Labute approximate surface area is 116 Å². The van der Waals surface area contributed by atoms with Crippen molar-refractivity contribution in [2.24, 2.45) is 5.41 Å². The van der Waals surface area contributed by atoms with Crippen LogP contribution in [0, 0.1) is 5.41 Å². The van der Waals surface area contributed by atoms with Gasteiger partial charge in [0.25, 0.3) is 0 Å². The zero-order valence-corrected chi connectivity index (χ0v) is 12.5. The smallest absolute Gasteiger partial charge is 0.345 e. The molecule has 1 aliphatic rings. The maximum Gasteiger partial charge on any atom is 0.345 e. The van der Waals surface area contributed by atoms with Crippen molar-refractivity contribution in [1.29, 1.82) is 0 Å². The summed E-state index contributed by atoms with van der Waals surface area (Å²) in [6.45, 7) is 4.24. The number of carboxylic acid groups (broad SMARTS) is 1. The Balaban J connectivity index is 2.12. The van der Waals surface area contributed by atoms with Crippen molar-refractivity contribution in [2.45, 2.75) is 43.4 Å². The highest BCUT2D eigenvalue weighted by Gasteiger charge is 2.34. The maximum atomic E-state index is 12.1. The van der Waals surface area contributed by atoms with Crippen molar-refractivity contribution in [3.8, 4) is 0 Å². The topological polar surface area (TPSA) is 83.5 Å². The molecule has 0 aromatic carbocycles. The van der Waals surface area contributed by atoms with Crippen LogP contribution in [0.5, 0.6) is 0 Å². The summed E-state index contributed by atoms with van der Waals surface area (Å²) >= 11 is 0.781. The lowest BCUT2D eigenvalue weighted by molar-refractivity contribution is 0.0702. The molecule has 0 amide bonds. The molecule has 1 aliphatic carbocycles. The molecule has 1 aromatic rings. The SMILES string of the molecule is CC1(C)CCC(NS(=O)(=O)c2ccc(C(=O)O)s2)C1. The van der Waals surface area contributed by atoms with Crippen molar-refractivity contribution in [2.75, 3.05) is 0 Å². The maximum absolute atomic E-state index is 12.1. The van der Waals surface area contributed by atoms with E-state index in [0.29, 0.717) is 0 Å². The van der Waals surface area contributed by atoms with Crippen LogP contribution in [-0.2, 0) is 10.0 Å². The van der Waals surface area contributed by atoms with E-state index in [1.807, 2.05) is 0 Å². The summed E-state index contributed by atoms with van der Waals surface area (Å²) in [5.41, 5.74) is 0.162. The average Bonchev–Trinajstić information content (AvgIpc) is 2.84. The van der Waals surface area contributed by atoms with Gasteiger partial charge in [0.1, 0.15) is 9.09 Å². The van der Waals surface area contributed by atoms with E-state index in [-0.39, 0.29) is 20.5 Å². The van der Waals surface area contributed by atoms with Gasteiger partial charge in [-0.15, -0.1) is 11.3 Å². The van der Waals surface area contributed by atoms with Gasteiger partial charge in [0.15, 0.2) is 0 Å². The number of rotatable bonds is 4. The molecule has 0 radical (unpaired) electrons. The van der Waals surface area contributed by atoms with Gasteiger partial charge in [-0.2, -0.15) is 0 Å². The predicted molar refractivity (Wildman–Crippen MR) is 73.0 cm³/mol. The van der Waals surface area contributed by atoms with Crippen molar-refractivity contribution in [1.82, 2.24) is 4.72 Å². The summed E-state index contributed by atoms with van der Waals surface area (Å²) < 4.78 is 27.0. The number of hydrogen-bond donors (Lipinski definition) is 2. The molecule has 1 unspecified atom stereocenters. The van der Waals surface area contributed by atoms with E-state index in [9.17, 15) is 13.2 Å². The lowest BCUT2D eigenvalue weighted by Gasteiger charge is -2.17. The van der Waals surface area contributed by atoms with Gasteiger partial charge in [0.05, 0.1) is 0 Å². The fourth-order valence-electron chi connectivity index (χ4n) is 2.39. The Morgan fingerprint density at radius 1 is 1.47 bits per heavy atom. The number of carbonyl (C=O) groups is 1. The second kappa shape index (κ2) is 4.88. The van der Waals surface area contributed by atoms with Gasteiger partial charge < -0.3 is 5.11 Å². The third-order valence-electron chi connectivity index (χ3n) is 3.35. The molecule has 0 saturated heterocycles. The number of nitrogens with one attached hydrogen (secondary N) is 1. The number of carboxylic acids is 1. The van der Waals surface area contributed by atoms with E-state index >= 15 is 0 Å². The monoisotopic (exact) mass is 303 g/mol. The van der Waals surface area contributed by atoms with Crippen molar-refractivity contribution >= 4 is 27.3 Å². The van der Waals surface area contributed by atoms with Gasteiger partial charge in [0, 0.05) is 6.04 Å². The van der Waals surface area contributed by atoms with Crippen LogP contribution in [0.15, 0.2) is 16.3 Å². The van der Waals surface area contributed by atoms with E-state index in [2.05, 4.69) is 18.6 Å². The third kappa shape index (κ3) is 3.34. The van der Waals surface area contributed by atoms with E-state index in [1.165, 1.54) is 12.1 Å². The first-order valence-corrected chi connectivity index (χ1v) is 8.35. The minimum Gasteiger partial charge on any atom is -0.477 e. The summed E-state index contributed by atoms with van der Waals surface area (Å²) in [7, 11) is -3.60. The summed E-state index contributed by atoms with van der Waals surface area (Å²) in [5.74, 6) is -1.10. The molecule has 1 saturated carbocycles. The molecule has 1 fully saturated rings. The fourth-order valence-corrected chi connectivity index (χ4v) is 4.83. The second-order valence-electron chi connectivity index (χ2n) is 5.65. The van der Waals surface area contributed by atoms with Gasteiger partial charge in [0.2, 0.25) is 10.0 Å². The van der Waals surface area contributed by atoms with Gasteiger partial charge in [-0.25, -0.2) is 17.9 Å². The fraction of sp³-hybridized carbons (Fsp3) is 0.583. The normalized spacial score (nSPS) is 22.5. The molecule has 0 aliphatic heterocycles. The largest absolute Gasteiger partial charge is 0.477 e. The Morgan fingerprint density at radius 2 is 2.16 bits per heavy atom. The van der Waals surface area contributed by atoms with Crippen LogP contribution in [-0.4, -0.2) is 25.5 Å². The lowest BCUT2D eigenvalue weighted by Crippen LogP contribution is -2.33. The summed E-state index contributed by atoms with van der Waals surface area (Å²) in [6.07, 6.45) is 2.62. The Bertz CT molecular complexity index is 589. The molecule has 0 bridgehead atoms. The third-order valence-corrected chi connectivity index (χ3v) is 6.43. The Morgan fingerprint density at radius 3 is 2.63 bits per heavy atom. The van der Waals surface area contributed by atoms with Crippen molar-refractivity contribution in [3.63, 3.8) is 0 Å².